The topological polar surface area (TPSA) is 17.8 Å². The molecule has 3 aromatic rings. The summed E-state index contributed by atoms with van der Waals surface area (Å²) in [4.78, 5) is 4.39. The third-order valence-electron chi connectivity index (χ3n) is 2.55. The highest BCUT2D eigenvalue weighted by Gasteiger charge is 2.02. The van der Waals surface area contributed by atoms with Crippen LogP contribution in [0.25, 0.3) is 16.7 Å². The molecular formula is C13H9BrN2. The molecule has 0 atom stereocenters. The minimum absolute atomic E-state index is 0.991. The summed E-state index contributed by atoms with van der Waals surface area (Å²) in [6.45, 7) is 0. The fourth-order valence-corrected chi connectivity index (χ4v) is 2.04. The van der Waals surface area contributed by atoms with Crippen LogP contribution in [0.5, 0.6) is 0 Å². The smallest absolute Gasteiger partial charge is 0.144 e. The summed E-state index contributed by atoms with van der Waals surface area (Å²) < 4.78 is 3.17. The molecule has 0 unspecified atom stereocenters. The van der Waals surface area contributed by atoms with Gasteiger partial charge in [0.15, 0.2) is 0 Å². The van der Waals surface area contributed by atoms with Crippen molar-refractivity contribution in [2.24, 2.45) is 0 Å². The molecular weight excluding hydrogens is 264 g/mol. The molecule has 2 heterocycles. The number of rotatable bonds is 1. The molecule has 0 aliphatic carbocycles. The molecule has 2 aromatic heterocycles. The summed E-state index contributed by atoms with van der Waals surface area (Å²) in [7, 11) is 0. The van der Waals surface area contributed by atoms with Crippen LogP contribution in [0, 0.1) is 0 Å². The predicted octanol–water partition coefficient (Wildman–Crippen LogP) is 3.79. The van der Waals surface area contributed by atoms with Crippen LogP contribution >= 0.6 is 15.9 Å². The zero-order valence-electron chi connectivity index (χ0n) is 8.47. The van der Waals surface area contributed by atoms with E-state index in [-0.39, 0.29) is 0 Å². The van der Waals surface area contributed by atoms with E-state index in [4.69, 9.17) is 0 Å². The van der Waals surface area contributed by atoms with E-state index < -0.39 is 0 Å². The number of nitrogens with zero attached hydrogens (tertiary/aromatic N) is 2. The fourth-order valence-electron chi connectivity index (χ4n) is 1.78. The number of halogens is 1. The molecule has 0 saturated carbocycles. The summed E-state index contributed by atoms with van der Waals surface area (Å²) in [6, 6.07) is 14.3. The Labute approximate surface area is 102 Å². The van der Waals surface area contributed by atoms with Gasteiger partial charge in [-0.3, -0.25) is 0 Å². The molecule has 0 N–H and O–H groups in total. The van der Waals surface area contributed by atoms with Crippen molar-refractivity contribution < 1.29 is 0 Å². The van der Waals surface area contributed by atoms with Crippen LogP contribution in [0.15, 0.2) is 59.3 Å². The van der Waals surface area contributed by atoms with Gasteiger partial charge in [-0.2, -0.15) is 0 Å². The molecule has 16 heavy (non-hydrogen) atoms. The average Bonchev–Trinajstić information content (AvgIpc) is 2.74. The Balaban J connectivity index is 2.22. The summed E-state index contributed by atoms with van der Waals surface area (Å²) >= 11 is 3.43. The van der Waals surface area contributed by atoms with E-state index in [1.54, 1.807) is 0 Å². The average molecular weight is 273 g/mol. The van der Waals surface area contributed by atoms with Crippen molar-refractivity contribution in [3.63, 3.8) is 0 Å². The van der Waals surface area contributed by atoms with Gasteiger partial charge in [0.2, 0.25) is 0 Å². The lowest BCUT2D eigenvalue weighted by Gasteiger charge is -2.04. The lowest BCUT2D eigenvalue weighted by Crippen LogP contribution is -1.92. The van der Waals surface area contributed by atoms with Gasteiger partial charge in [-0.15, -0.1) is 0 Å². The first-order valence-electron chi connectivity index (χ1n) is 5.02. The Morgan fingerprint density at radius 2 is 1.81 bits per heavy atom. The molecule has 3 rings (SSSR count). The van der Waals surface area contributed by atoms with Crippen molar-refractivity contribution in [2.75, 3.05) is 0 Å². The molecule has 0 bridgehead atoms. The van der Waals surface area contributed by atoms with Gasteiger partial charge in [-0.25, -0.2) is 4.98 Å². The monoisotopic (exact) mass is 272 g/mol. The van der Waals surface area contributed by atoms with Crippen LogP contribution in [0.2, 0.25) is 0 Å². The maximum Gasteiger partial charge on any atom is 0.144 e. The van der Waals surface area contributed by atoms with E-state index in [9.17, 15) is 0 Å². The second-order valence-corrected chi connectivity index (χ2v) is 4.49. The molecule has 0 aliphatic rings. The van der Waals surface area contributed by atoms with Crippen molar-refractivity contribution in [3.05, 3.63) is 59.3 Å². The summed E-state index contributed by atoms with van der Waals surface area (Å²) in [5.41, 5.74) is 2.11. The SMILES string of the molecule is Brc1ccc(-n2ccc3cccnc32)cc1. The third kappa shape index (κ3) is 1.53. The lowest BCUT2D eigenvalue weighted by molar-refractivity contribution is 1.09. The Hall–Kier alpha value is -1.61. The first kappa shape index (κ1) is 9.60. The van der Waals surface area contributed by atoms with Crippen molar-refractivity contribution >= 4 is 27.0 Å². The molecule has 0 fully saturated rings. The number of pyridine rings is 1. The molecule has 1 aromatic carbocycles. The number of aromatic nitrogens is 2. The molecule has 0 radical (unpaired) electrons. The van der Waals surface area contributed by atoms with E-state index in [0.29, 0.717) is 0 Å². The number of benzene rings is 1. The number of hydrogen-bond acceptors (Lipinski definition) is 1. The second-order valence-electron chi connectivity index (χ2n) is 3.58. The number of hydrogen-bond donors (Lipinski definition) is 0. The van der Waals surface area contributed by atoms with Crippen LogP contribution < -0.4 is 0 Å². The van der Waals surface area contributed by atoms with Crippen molar-refractivity contribution in [1.82, 2.24) is 9.55 Å². The van der Waals surface area contributed by atoms with E-state index in [0.717, 1.165) is 21.2 Å². The third-order valence-corrected chi connectivity index (χ3v) is 3.08. The fraction of sp³-hybridized carbons (Fsp3) is 0. The second kappa shape index (κ2) is 3.76. The van der Waals surface area contributed by atoms with Gasteiger partial charge in [-0.1, -0.05) is 15.9 Å². The van der Waals surface area contributed by atoms with Gasteiger partial charge >= 0.3 is 0 Å². The van der Waals surface area contributed by atoms with E-state index in [1.165, 1.54) is 0 Å². The van der Waals surface area contributed by atoms with E-state index >= 15 is 0 Å². The molecule has 0 spiro atoms. The van der Waals surface area contributed by atoms with Crippen LogP contribution in [0.1, 0.15) is 0 Å². The molecule has 0 saturated heterocycles. The zero-order chi connectivity index (χ0) is 11.0. The molecule has 0 aliphatic heterocycles. The van der Waals surface area contributed by atoms with Gasteiger partial charge in [0, 0.05) is 27.9 Å². The van der Waals surface area contributed by atoms with Gasteiger partial charge in [0.05, 0.1) is 0 Å². The highest BCUT2D eigenvalue weighted by molar-refractivity contribution is 9.10. The van der Waals surface area contributed by atoms with E-state index in [2.05, 4.69) is 49.7 Å². The Morgan fingerprint density at radius 1 is 1.00 bits per heavy atom. The predicted molar refractivity (Wildman–Crippen MR) is 68.8 cm³/mol. The number of fused-ring (bicyclic) bond motifs is 1. The Morgan fingerprint density at radius 3 is 2.62 bits per heavy atom. The van der Waals surface area contributed by atoms with Crippen LogP contribution in [0.3, 0.4) is 0 Å². The minimum atomic E-state index is 0.991. The normalized spacial score (nSPS) is 10.8. The van der Waals surface area contributed by atoms with Gasteiger partial charge in [-0.05, 0) is 42.5 Å². The maximum atomic E-state index is 4.39. The van der Waals surface area contributed by atoms with Crippen LogP contribution in [-0.2, 0) is 0 Å². The highest BCUT2D eigenvalue weighted by Crippen LogP contribution is 2.19. The van der Waals surface area contributed by atoms with Crippen LogP contribution in [0.4, 0.5) is 0 Å². The Kier molecular flexibility index (Phi) is 2.26. The van der Waals surface area contributed by atoms with Gasteiger partial charge in [0.1, 0.15) is 5.65 Å². The first-order chi connectivity index (χ1) is 7.84. The molecule has 0 amide bonds. The van der Waals surface area contributed by atoms with Gasteiger partial charge in [0.25, 0.3) is 0 Å². The van der Waals surface area contributed by atoms with Crippen molar-refractivity contribution in [2.45, 2.75) is 0 Å². The highest BCUT2D eigenvalue weighted by atomic mass is 79.9. The molecule has 3 heteroatoms. The minimum Gasteiger partial charge on any atom is -0.301 e. The molecule has 2 nitrogen and oxygen atoms in total. The van der Waals surface area contributed by atoms with Crippen LogP contribution in [-0.4, -0.2) is 9.55 Å². The van der Waals surface area contributed by atoms with E-state index in [1.807, 2.05) is 30.6 Å². The zero-order valence-corrected chi connectivity index (χ0v) is 10.1. The summed E-state index contributed by atoms with van der Waals surface area (Å²) in [5, 5.41) is 1.16. The van der Waals surface area contributed by atoms with Crippen molar-refractivity contribution in [3.8, 4) is 5.69 Å². The summed E-state index contributed by atoms with van der Waals surface area (Å²) in [5.74, 6) is 0. The lowest BCUT2D eigenvalue weighted by atomic mass is 10.3. The Bertz CT molecular complexity index is 626. The quantitative estimate of drug-likeness (QED) is 0.659. The first-order valence-corrected chi connectivity index (χ1v) is 5.82. The van der Waals surface area contributed by atoms with Crippen molar-refractivity contribution in [1.29, 1.82) is 0 Å². The maximum absolute atomic E-state index is 4.39. The van der Waals surface area contributed by atoms with Gasteiger partial charge < -0.3 is 4.57 Å². The largest absolute Gasteiger partial charge is 0.301 e. The standard InChI is InChI=1S/C13H9BrN2/c14-11-3-5-12(6-4-11)16-9-7-10-2-1-8-15-13(10)16/h1-9H. The molecule has 78 valence electrons. The summed E-state index contributed by atoms with van der Waals surface area (Å²) in [6.07, 6.45) is 3.86.